The van der Waals surface area contributed by atoms with Crippen LogP contribution in [0.1, 0.15) is 18.9 Å². The van der Waals surface area contributed by atoms with E-state index >= 15 is 0 Å². The number of hydrogen-bond donors (Lipinski definition) is 1. The van der Waals surface area contributed by atoms with Gasteiger partial charge in [0.05, 0.1) is 0 Å². The van der Waals surface area contributed by atoms with Gasteiger partial charge in [0.25, 0.3) is 0 Å². The molecule has 2 nitrogen and oxygen atoms in total. The Balaban J connectivity index is 1.81. The van der Waals surface area contributed by atoms with E-state index in [1.165, 1.54) is 16.9 Å². The van der Waals surface area contributed by atoms with Gasteiger partial charge in [0.1, 0.15) is 0 Å². The Kier molecular flexibility index (Phi) is 5.48. The summed E-state index contributed by atoms with van der Waals surface area (Å²) in [5.41, 5.74) is 3.91. The maximum atomic E-state index is 3.46. The molecule has 0 heterocycles. The number of anilines is 2. The normalized spacial score (nSPS) is 10.3. The quantitative estimate of drug-likeness (QED) is 0.752. The SMILES string of the molecule is CCN(CCCNc1ccccc1)c1ccccc1C. The fourth-order valence-electron chi connectivity index (χ4n) is 2.43. The second-order valence-electron chi connectivity index (χ2n) is 5.01. The summed E-state index contributed by atoms with van der Waals surface area (Å²) >= 11 is 0. The van der Waals surface area contributed by atoms with Crippen molar-refractivity contribution < 1.29 is 0 Å². The van der Waals surface area contributed by atoms with Crippen LogP contribution in [0.4, 0.5) is 11.4 Å². The third kappa shape index (κ3) is 4.02. The molecule has 0 radical (unpaired) electrons. The average Bonchev–Trinajstić information content (AvgIpc) is 2.50. The Morgan fingerprint density at radius 1 is 0.950 bits per heavy atom. The zero-order valence-electron chi connectivity index (χ0n) is 12.5. The molecule has 0 aromatic heterocycles. The predicted molar refractivity (Wildman–Crippen MR) is 88.6 cm³/mol. The first-order chi connectivity index (χ1) is 9.81. The van der Waals surface area contributed by atoms with Gasteiger partial charge in [-0.05, 0) is 44.0 Å². The van der Waals surface area contributed by atoms with Crippen LogP contribution in [0, 0.1) is 6.92 Å². The van der Waals surface area contributed by atoms with E-state index in [0.29, 0.717) is 0 Å². The molecule has 0 saturated heterocycles. The molecule has 1 N–H and O–H groups in total. The van der Waals surface area contributed by atoms with Gasteiger partial charge in [-0.3, -0.25) is 0 Å². The van der Waals surface area contributed by atoms with Crippen LogP contribution in [0.5, 0.6) is 0 Å². The zero-order valence-corrected chi connectivity index (χ0v) is 12.5. The molecular formula is C18H24N2. The van der Waals surface area contributed by atoms with E-state index in [2.05, 4.69) is 72.6 Å². The van der Waals surface area contributed by atoms with Crippen LogP contribution >= 0.6 is 0 Å². The summed E-state index contributed by atoms with van der Waals surface area (Å²) in [6.07, 6.45) is 1.14. The van der Waals surface area contributed by atoms with Crippen molar-refractivity contribution >= 4 is 11.4 Å². The second kappa shape index (κ2) is 7.59. The van der Waals surface area contributed by atoms with E-state index in [4.69, 9.17) is 0 Å². The van der Waals surface area contributed by atoms with E-state index in [1.54, 1.807) is 0 Å². The summed E-state index contributed by atoms with van der Waals surface area (Å²) < 4.78 is 0. The smallest absolute Gasteiger partial charge is 0.0395 e. The number of aryl methyl sites for hydroxylation is 1. The van der Waals surface area contributed by atoms with Crippen molar-refractivity contribution in [2.75, 3.05) is 29.9 Å². The number of benzene rings is 2. The second-order valence-corrected chi connectivity index (χ2v) is 5.01. The molecule has 20 heavy (non-hydrogen) atoms. The standard InChI is InChI=1S/C18H24N2/c1-3-20(18-13-8-7-10-16(18)2)15-9-14-19-17-11-5-4-6-12-17/h4-8,10-13,19H,3,9,14-15H2,1-2H3. The first kappa shape index (κ1) is 14.4. The van der Waals surface area contributed by atoms with E-state index in [-0.39, 0.29) is 0 Å². The third-order valence-electron chi connectivity index (χ3n) is 3.55. The molecule has 2 aromatic rings. The van der Waals surface area contributed by atoms with Crippen molar-refractivity contribution in [3.8, 4) is 0 Å². The highest BCUT2D eigenvalue weighted by atomic mass is 15.1. The largest absolute Gasteiger partial charge is 0.385 e. The molecule has 0 spiro atoms. The van der Waals surface area contributed by atoms with Crippen LogP contribution < -0.4 is 10.2 Å². The highest BCUT2D eigenvalue weighted by molar-refractivity contribution is 5.52. The molecule has 0 aliphatic carbocycles. The van der Waals surface area contributed by atoms with Gasteiger partial charge in [0.15, 0.2) is 0 Å². The van der Waals surface area contributed by atoms with Crippen LogP contribution in [0.3, 0.4) is 0 Å². The van der Waals surface area contributed by atoms with Crippen LogP contribution in [0.15, 0.2) is 54.6 Å². The van der Waals surface area contributed by atoms with Gasteiger partial charge in [-0.25, -0.2) is 0 Å². The minimum atomic E-state index is 1.01. The summed E-state index contributed by atoms with van der Waals surface area (Å²) in [7, 11) is 0. The van der Waals surface area contributed by atoms with Crippen LogP contribution in [0.25, 0.3) is 0 Å². The molecular weight excluding hydrogens is 244 g/mol. The zero-order chi connectivity index (χ0) is 14.2. The third-order valence-corrected chi connectivity index (χ3v) is 3.55. The van der Waals surface area contributed by atoms with Gasteiger partial charge in [-0.1, -0.05) is 36.4 Å². The highest BCUT2D eigenvalue weighted by Crippen LogP contribution is 2.19. The lowest BCUT2D eigenvalue weighted by atomic mass is 10.1. The maximum absolute atomic E-state index is 3.46. The fraction of sp³-hybridized carbons (Fsp3) is 0.333. The van der Waals surface area contributed by atoms with Crippen molar-refractivity contribution in [2.24, 2.45) is 0 Å². The average molecular weight is 268 g/mol. The van der Waals surface area contributed by atoms with E-state index in [0.717, 1.165) is 26.1 Å². The number of para-hydroxylation sites is 2. The first-order valence-corrected chi connectivity index (χ1v) is 7.40. The minimum Gasteiger partial charge on any atom is -0.385 e. The first-order valence-electron chi connectivity index (χ1n) is 7.40. The van der Waals surface area contributed by atoms with Crippen molar-refractivity contribution in [3.05, 3.63) is 60.2 Å². The molecule has 0 unspecified atom stereocenters. The Morgan fingerprint density at radius 3 is 2.35 bits per heavy atom. The molecule has 2 aromatic carbocycles. The number of nitrogens with one attached hydrogen (secondary N) is 1. The van der Waals surface area contributed by atoms with Crippen LogP contribution in [-0.4, -0.2) is 19.6 Å². The van der Waals surface area contributed by atoms with Gasteiger partial charge in [-0.2, -0.15) is 0 Å². The lowest BCUT2D eigenvalue weighted by molar-refractivity contribution is 0.766. The summed E-state index contributed by atoms with van der Waals surface area (Å²) in [5, 5.41) is 3.46. The fourth-order valence-corrected chi connectivity index (χ4v) is 2.43. The summed E-state index contributed by atoms with van der Waals surface area (Å²) in [6.45, 7) is 7.54. The molecule has 2 rings (SSSR count). The van der Waals surface area contributed by atoms with Crippen LogP contribution in [-0.2, 0) is 0 Å². The van der Waals surface area contributed by atoms with Crippen molar-refractivity contribution in [3.63, 3.8) is 0 Å². The van der Waals surface area contributed by atoms with Gasteiger partial charge < -0.3 is 10.2 Å². The van der Waals surface area contributed by atoms with E-state index in [1.807, 2.05) is 6.07 Å². The van der Waals surface area contributed by atoms with Gasteiger partial charge >= 0.3 is 0 Å². The van der Waals surface area contributed by atoms with Crippen molar-refractivity contribution in [1.29, 1.82) is 0 Å². The Hall–Kier alpha value is -1.96. The Morgan fingerprint density at radius 2 is 1.65 bits per heavy atom. The highest BCUT2D eigenvalue weighted by Gasteiger charge is 2.05. The molecule has 0 aliphatic heterocycles. The molecule has 0 amide bonds. The molecule has 0 aliphatic rings. The maximum Gasteiger partial charge on any atom is 0.0395 e. The van der Waals surface area contributed by atoms with Crippen molar-refractivity contribution in [1.82, 2.24) is 0 Å². The number of rotatable bonds is 7. The monoisotopic (exact) mass is 268 g/mol. The van der Waals surface area contributed by atoms with Gasteiger partial charge in [-0.15, -0.1) is 0 Å². The summed E-state index contributed by atoms with van der Waals surface area (Å²) in [5.74, 6) is 0. The van der Waals surface area contributed by atoms with E-state index in [9.17, 15) is 0 Å². The summed E-state index contributed by atoms with van der Waals surface area (Å²) in [4.78, 5) is 2.45. The number of hydrogen-bond acceptors (Lipinski definition) is 2. The van der Waals surface area contributed by atoms with E-state index < -0.39 is 0 Å². The molecule has 0 saturated carbocycles. The minimum absolute atomic E-state index is 1.01. The van der Waals surface area contributed by atoms with Crippen molar-refractivity contribution in [2.45, 2.75) is 20.3 Å². The Bertz CT molecular complexity index is 508. The van der Waals surface area contributed by atoms with Gasteiger partial charge in [0.2, 0.25) is 0 Å². The topological polar surface area (TPSA) is 15.3 Å². The number of nitrogens with zero attached hydrogens (tertiary/aromatic N) is 1. The molecule has 0 fully saturated rings. The molecule has 2 heteroatoms. The Labute approximate surface area is 122 Å². The summed E-state index contributed by atoms with van der Waals surface area (Å²) in [6, 6.07) is 19.0. The molecule has 0 atom stereocenters. The lowest BCUT2D eigenvalue weighted by Gasteiger charge is -2.25. The van der Waals surface area contributed by atoms with Crippen LogP contribution in [0.2, 0.25) is 0 Å². The van der Waals surface area contributed by atoms with Gasteiger partial charge in [0, 0.05) is 31.0 Å². The molecule has 106 valence electrons. The molecule has 0 bridgehead atoms. The predicted octanol–water partition coefficient (Wildman–Crippen LogP) is 4.32. The lowest BCUT2D eigenvalue weighted by Crippen LogP contribution is -2.26.